The van der Waals surface area contributed by atoms with Gasteiger partial charge in [0.2, 0.25) is 5.91 Å². The summed E-state index contributed by atoms with van der Waals surface area (Å²) in [4.78, 5) is 11.9. The summed E-state index contributed by atoms with van der Waals surface area (Å²) in [7, 11) is 0. The monoisotopic (exact) mass is 291 g/mol. The first-order valence-corrected chi connectivity index (χ1v) is 7.14. The van der Waals surface area contributed by atoms with E-state index >= 15 is 0 Å². The number of hydrogen-bond acceptors (Lipinski definition) is 4. The molecular weight excluding hydrogens is 270 g/mol. The molecule has 6 heteroatoms. The van der Waals surface area contributed by atoms with E-state index in [0.29, 0.717) is 12.8 Å². The third kappa shape index (κ3) is 5.07. The molecule has 0 saturated carbocycles. The second-order valence-corrected chi connectivity index (χ2v) is 5.21. The quantitative estimate of drug-likeness (QED) is 0.334. The number of hydrogen-bond donors (Lipinski definition) is 3. The van der Waals surface area contributed by atoms with Gasteiger partial charge in [-0.25, -0.2) is 0 Å². The summed E-state index contributed by atoms with van der Waals surface area (Å²) in [6.07, 6.45) is 3.97. The summed E-state index contributed by atoms with van der Waals surface area (Å²) in [6.45, 7) is 0.750. The van der Waals surface area contributed by atoms with Crippen molar-refractivity contribution in [2.75, 3.05) is 11.9 Å². The smallest absolute Gasteiger partial charge is 0.226 e. The SMILES string of the molecule is N/C(Cc1ccc(NC(=O)CC2CCCCO2)cc1)=N/O. The second kappa shape index (κ2) is 7.64. The van der Waals surface area contributed by atoms with Crippen LogP contribution in [0.15, 0.2) is 29.4 Å². The third-order valence-electron chi connectivity index (χ3n) is 3.44. The third-order valence-corrected chi connectivity index (χ3v) is 3.44. The Morgan fingerprint density at radius 2 is 2.14 bits per heavy atom. The minimum Gasteiger partial charge on any atom is -0.409 e. The number of nitrogens with one attached hydrogen (secondary N) is 1. The molecule has 4 N–H and O–H groups in total. The molecule has 1 fully saturated rings. The van der Waals surface area contributed by atoms with E-state index in [4.69, 9.17) is 15.7 Å². The van der Waals surface area contributed by atoms with Gasteiger partial charge in [-0.05, 0) is 37.0 Å². The number of nitrogens with two attached hydrogens (primary N) is 1. The van der Waals surface area contributed by atoms with Crippen LogP contribution in [0.5, 0.6) is 0 Å². The molecule has 6 nitrogen and oxygen atoms in total. The van der Waals surface area contributed by atoms with Crippen LogP contribution >= 0.6 is 0 Å². The Bertz CT molecular complexity index is 493. The molecular formula is C15H21N3O3. The number of anilines is 1. The number of rotatable bonds is 5. The van der Waals surface area contributed by atoms with Crippen molar-refractivity contribution in [2.45, 2.75) is 38.2 Å². The van der Waals surface area contributed by atoms with Crippen LogP contribution in [-0.4, -0.2) is 29.7 Å². The number of benzene rings is 1. The van der Waals surface area contributed by atoms with E-state index in [1.807, 2.05) is 12.1 Å². The molecule has 0 radical (unpaired) electrons. The fraction of sp³-hybridized carbons (Fsp3) is 0.467. The maximum Gasteiger partial charge on any atom is 0.226 e. The average molecular weight is 291 g/mol. The van der Waals surface area contributed by atoms with Crippen LogP contribution in [0.3, 0.4) is 0 Å². The fourth-order valence-electron chi connectivity index (χ4n) is 2.34. The number of amides is 1. The second-order valence-electron chi connectivity index (χ2n) is 5.21. The standard InChI is InChI=1S/C15H21N3O3/c16-14(18-20)9-11-4-6-12(7-5-11)17-15(19)10-13-3-1-2-8-21-13/h4-7,13,20H,1-3,8-10H2,(H2,16,18)(H,17,19). The zero-order valence-corrected chi connectivity index (χ0v) is 11.9. The Labute approximate surface area is 124 Å². The van der Waals surface area contributed by atoms with Gasteiger partial charge in [0.1, 0.15) is 5.84 Å². The highest BCUT2D eigenvalue weighted by molar-refractivity contribution is 5.91. The minimum atomic E-state index is -0.0360. The molecule has 1 saturated heterocycles. The summed E-state index contributed by atoms with van der Waals surface area (Å²) in [6, 6.07) is 7.29. The summed E-state index contributed by atoms with van der Waals surface area (Å²) in [5.41, 5.74) is 7.10. The first kappa shape index (κ1) is 15.3. The van der Waals surface area contributed by atoms with E-state index in [-0.39, 0.29) is 17.8 Å². The molecule has 1 atom stereocenters. The van der Waals surface area contributed by atoms with Crippen LogP contribution in [0.4, 0.5) is 5.69 Å². The van der Waals surface area contributed by atoms with Crippen LogP contribution in [0.25, 0.3) is 0 Å². The van der Waals surface area contributed by atoms with Gasteiger partial charge < -0.3 is 21.0 Å². The van der Waals surface area contributed by atoms with Gasteiger partial charge in [-0.1, -0.05) is 17.3 Å². The van der Waals surface area contributed by atoms with E-state index in [9.17, 15) is 4.79 Å². The Morgan fingerprint density at radius 3 is 2.76 bits per heavy atom. The number of ether oxygens (including phenoxy) is 1. The molecule has 2 rings (SSSR count). The molecule has 0 aromatic heterocycles. The van der Waals surface area contributed by atoms with Gasteiger partial charge in [0, 0.05) is 18.7 Å². The van der Waals surface area contributed by atoms with Crippen LogP contribution in [0, 0.1) is 0 Å². The number of carbonyl (C=O) groups excluding carboxylic acids is 1. The molecule has 1 aromatic rings. The first-order chi connectivity index (χ1) is 10.2. The summed E-state index contributed by atoms with van der Waals surface area (Å²) in [5, 5.41) is 14.3. The van der Waals surface area contributed by atoms with Crippen LogP contribution in [-0.2, 0) is 16.0 Å². The van der Waals surface area contributed by atoms with Crippen molar-refractivity contribution in [3.63, 3.8) is 0 Å². The van der Waals surface area contributed by atoms with E-state index in [2.05, 4.69) is 10.5 Å². The van der Waals surface area contributed by atoms with E-state index < -0.39 is 0 Å². The van der Waals surface area contributed by atoms with Crippen molar-refractivity contribution >= 4 is 17.4 Å². The van der Waals surface area contributed by atoms with Gasteiger partial charge in [-0.3, -0.25) is 4.79 Å². The van der Waals surface area contributed by atoms with Gasteiger partial charge in [0.15, 0.2) is 0 Å². The lowest BCUT2D eigenvalue weighted by Crippen LogP contribution is -2.25. The fourth-order valence-corrected chi connectivity index (χ4v) is 2.34. The first-order valence-electron chi connectivity index (χ1n) is 7.14. The Morgan fingerprint density at radius 1 is 1.38 bits per heavy atom. The van der Waals surface area contributed by atoms with Crippen LogP contribution < -0.4 is 11.1 Å². The van der Waals surface area contributed by atoms with Gasteiger partial charge in [0.05, 0.1) is 12.5 Å². The number of carbonyl (C=O) groups is 1. The van der Waals surface area contributed by atoms with Crippen molar-refractivity contribution in [3.05, 3.63) is 29.8 Å². The van der Waals surface area contributed by atoms with E-state index in [1.165, 1.54) is 0 Å². The van der Waals surface area contributed by atoms with Crippen molar-refractivity contribution in [1.82, 2.24) is 0 Å². The maximum atomic E-state index is 11.9. The lowest BCUT2D eigenvalue weighted by molar-refractivity contribution is -0.119. The lowest BCUT2D eigenvalue weighted by atomic mass is 10.1. The molecule has 0 spiro atoms. The van der Waals surface area contributed by atoms with Crippen molar-refractivity contribution in [3.8, 4) is 0 Å². The zero-order chi connectivity index (χ0) is 15.1. The highest BCUT2D eigenvalue weighted by atomic mass is 16.5. The highest BCUT2D eigenvalue weighted by Crippen LogP contribution is 2.17. The molecule has 0 bridgehead atoms. The zero-order valence-electron chi connectivity index (χ0n) is 11.9. The Balaban J connectivity index is 1.83. The highest BCUT2D eigenvalue weighted by Gasteiger charge is 2.17. The van der Waals surface area contributed by atoms with Gasteiger partial charge >= 0.3 is 0 Å². The Hall–Kier alpha value is -2.08. The van der Waals surface area contributed by atoms with Gasteiger partial charge in [0.25, 0.3) is 0 Å². The molecule has 21 heavy (non-hydrogen) atoms. The molecule has 1 unspecified atom stereocenters. The lowest BCUT2D eigenvalue weighted by Gasteiger charge is -2.21. The number of amidine groups is 1. The molecule has 1 heterocycles. The molecule has 1 aromatic carbocycles. The van der Waals surface area contributed by atoms with Gasteiger partial charge in [-0.2, -0.15) is 0 Å². The number of nitrogens with zero attached hydrogens (tertiary/aromatic N) is 1. The van der Waals surface area contributed by atoms with Crippen molar-refractivity contribution < 1.29 is 14.7 Å². The maximum absolute atomic E-state index is 11.9. The predicted octanol–water partition coefficient (Wildman–Crippen LogP) is 1.87. The minimum absolute atomic E-state index is 0.0360. The van der Waals surface area contributed by atoms with Crippen LogP contribution in [0.2, 0.25) is 0 Å². The van der Waals surface area contributed by atoms with Crippen LogP contribution in [0.1, 0.15) is 31.2 Å². The topological polar surface area (TPSA) is 96.9 Å². The number of oxime groups is 1. The summed E-state index contributed by atoms with van der Waals surface area (Å²) < 4.78 is 5.55. The molecule has 114 valence electrons. The average Bonchev–Trinajstić information content (AvgIpc) is 2.50. The largest absolute Gasteiger partial charge is 0.409 e. The Kier molecular flexibility index (Phi) is 5.57. The molecule has 1 amide bonds. The van der Waals surface area contributed by atoms with Crippen molar-refractivity contribution in [2.24, 2.45) is 10.9 Å². The molecule has 0 aliphatic carbocycles. The summed E-state index contributed by atoms with van der Waals surface area (Å²) >= 11 is 0. The molecule has 1 aliphatic heterocycles. The normalized spacial score (nSPS) is 19.2. The van der Waals surface area contributed by atoms with Crippen molar-refractivity contribution in [1.29, 1.82) is 0 Å². The molecule has 1 aliphatic rings. The van der Waals surface area contributed by atoms with E-state index in [1.54, 1.807) is 12.1 Å². The predicted molar refractivity (Wildman–Crippen MR) is 80.4 cm³/mol. The van der Waals surface area contributed by atoms with Gasteiger partial charge in [-0.15, -0.1) is 0 Å². The summed E-state index contributed by atoms with van der Waals surface area (Å²) in [5.74, 6) is 0.118. The van der Waals surface area contributed by atoms with E-state index in [0.717, 1.165) is 37.1 Å².